The highest BCUT2D eigenvalue weighted by Gasteiger charge is 2.34. The SMILES string of the molecule is CC(C)(C)OC(=O)N1CCC(C(O)c2cncnc2)C1. The molecule has 2 rings (SSSR count). The van der Waals surface area contributed by atoms with Gasteiger partial charge in [0.2, 0.25) is 0 Å². The molecule has 6 heteroatoms. The van der Waals surface area contributed by atoms with Crippen LogP contribution in [0.2, 0.25) is 0 Å². The summed E-state index contributed by atoms with van der Waals surface area (Å²) in [6.07, 6.45) is 4.41. The zero-order chi connectivity index (χ0) is 14.8. The van der Waals surface area contributed by atoms with E-state index in [2.05, 4.69) is 9.97 Å². The summed E-state index contributed by atoms with van der Waals surface area (Å²) in [5.41, 5.74) is 0.185. The number of nitrogens with zero attached hydrogens (tertiary/aromatic N) is 3. The Labute approximate surface area is 118 Å². The van der Waals surface area contributed by atoms with Gasteiger partial charge in [-0.3, -0.25) is 0 Å². The maximum absolute atomic E-state index is 12.0. The largest absolute Gasteiger partial charge is 0.444 e. The lowest BCUT2D eigenvalue weighted by molar-refractivity contribution is 0.0268. The monoisotopic (exact) mass is 279 g/mol. The minimum atomic E-state index is -0.649. The van der Waals surface area contributed by atoms with E-state index in [0.717, 1.165) is 6.42 Å². The molecule has 1 aromatic heterocycles. The maximum atomic E-state index is 12.0. The Bertz CT molecular complexity index is 458. The highest BCUT2D eigenvalue weighted by atomic mass is 16.6. The van der Waals surface area contributed by atoms with E-state index in [1.807, 2.05) is 20.8 Å². The molecule has 0 aromatic carbocycles. The molecule has 2 heterocycles. The molecule has 1 aliphatic heterocycles. The van der Waals surface area contributed by atoms with Crippen LogP contribution < -0.4 is 0 Å². The van der Waals surface area contributed by atoms with E-state index >= 15 is 0 Å². The number of carbonyl (C=O) groups is 1. The summed E-state index contributed by atoms with van der Waals surface area (Å²) >= 11 is 0. The third kappa shape index (κ3) is 3.66. The first kappa shape index (κ1) is 14.7. The topological polar surface area (TPSA) is 75.5 Å². The molecule has 1 N–H and O–H groups in total. The molecule has 0 spiro atoms. The van der Waals surface area contributed by atoms with Crippen molar-refractivity contribution in [2.45, 2.75) is 38.9 Å². The number of rotatable bonds is 2. The summed E-state index contributed by atoms with van der Waals surface area (Å²) in [4.78, 5) is 21.4. The Kier molecular flexibility index (Phi) is 4.23. The molecule has 2 unspecified atom stereocenters. The Hall–Kier alpha value is -1.69. The summed E-state index contributed by atoms with van der Waals surface area (Å²) in [5, 5.41) is 10.3. The molecule has 6 nitrogen and oxygen atoms in total. The van der Waals surface area contributed by atoms with E-state index in [0.29, 0.717) is 18.7 Å². The molecule has 1 saturated heterocycles. The number of aromatic nitrogens is 2. The Morgan fingerprint density at radius 2 is 2.10 bits per heavy atom. The van der Waals surface area contributed by atoms with Crippen LogP contribution in [-0.4, -0.2) is 44.8 Å². The number of hydrogen-bond acceptors (Lipinski definition) is 5. The van der Waals surface area contributed by atoms with Gasteiger partial charge in [0.05, 0.1) is 6.10 Å². The van der Waals surface area contributed by atoms with Crippen LogP contribution in [-0.2, 0) is 4.74 Å². The third-order valence-electron chi connectivity index (χ3n) is 3.24. The fourth-order valence-electron chi connectivity index (χ4n) is 2.27. The van der Waals surface area contributed by atoms with Crippen LogP contribution in [0.5, 0.6) is 0 Å². The van der Waals surface area contributed by atoms with Crippen molar-refractivity contribution in [1.29, 1.82) is 0 Å². The lowest BCUT2D eigenvalue weighted by Gasteiger charge is -2.25. The number of hydrogen-bond donors (Lipinski definition) is 1. The fourth-order valence-corrected chi connectivity index (χ4v) is 2.27. The Morgan fingerprint density at radius 3 is 2.70 bits per heavy atom. The van der Waals surface area contributed by atoms with Gasteiger partial charge in [-0.05, 0) is 27.2 Å². The number of carbonyl (C=O) groups excluding carboxylic acids is 1. The molecule has 0 saturated carbocycles. The van der Waals surface area contributed by atoms with E-state index in [-0.39, 0.29) is 12.0 Å². The number of ether oxygens (including phenoxy) is 1. The van der Waals surface area contributed by atoms with Gasteiger partial charge in [0, 0.05) is 37.0 Å². The van der Waals surface area contributed by atoms with E-state index < -0.39 is 11.7 Å². The van der Waals surface area contributed by atoms with Gasteiger partial charge in [-0.15, -0.1) is 0 Å². The van der Waals surface area contributed by atoms with E-state index in [1.165, 1.54) is 6.33 Å². The molecule has 1 fully saturated rings. The van der Waals surface area contributed by atoms with Crippen molar-refractivity contribution in [2.24, 2.45) is 5.92 Å². The molecule has 1 aromatic rings. The normalized spacial score (nSPS) is 20.8. The molecule has 0 radical (unpaired) electrons. The standard InChI is InChI=1S/C14H21N3O3/c1-14(2,3)20-13(19)17-5-4-10(8-17)12(18)11-6-15-9-16-7-11/h6-7,9-10,12,18H,4-5,8H2,1-3H3. The van der Waals surface area contributed by atoms with Gasteiger partial charge < -0.3 is 14.7 Å². The van der Waals surface area contributed by atoms with E-state index in [4.69, 9.17) is 4.74 Å². The molecule has 110 valence electrons. The predicted octanol–water partition coefficient (Wildman–Crippen LogP) is 1.77. The van der Waals surface area contributed by atoms with Crippen LogP contribution in [0.1, 0.15) is 38.9 Å². The molecule has 1 amide bonds. The average molecular weight is 279 g/mol. The second-order valence-corrected chi connectivity index (χ2v) is 6.09. The van der Waals surface area contributed by atoms with Crippen LogP contribution in [0.4, 0.5) is 4.79 Å². The van der Waals surface area contributed by atoms with Crippen molar-refractivity contribution in [3.63, 3.8) is 0 Å². The highest BCUT2D eigenvalue weighted by molar-refractivity contribution is 5.68. The first-order valence-electron chi connectivity index (χ1n) is 6.78. The molecule has 20 heavy (non-hydrogen) atoms. The average Bonchev–Trinajstić information content (AvgIpc) is 2.86. The minimum Gasteiger partial charge on any atom is -0.444 e. The van der Waals surface area contributed by atoms with Gasteiger partial charge in [-0.25, -0.2) is 14.8 Å². The second kappa shape index (κ2) is 5.75. The van der Waals surface area contributed by atoms with Gasteiger partial charge >= 0.3 is 6.09 Å². The summed E-state index contributed by atoms with van der Waals surface area (Å²) in [6.45, 7) is 6.62. The van der Waals surface area contributed by atoms with E-state index in [9.17, 15) is 9.90 Å². The van der Waals surface area contributed by atoms with Crippen LogP contribution in [0.15, 0.2) is 18.7 Å². The highest BCUT2D eigenvalue weighted by Crippen LogP contribution is 2.30. The first-order valence-corrected chi connectivity index (χ1v) is 6.78. The van der Waals surface area contributed by atoms with Crippen molar-refractivity contribution in [1.82, 2.24) is 14.9 Å². The molecule has 0 aliphatic carbocycles. The maximum Gasteiger partial charge on any atom is 0.410 e. The van der Waals surface area contributed by atoms with Crippen LogP contribution in [0.3, 0.4) is 0 Å². The third-order valence-corrected chi connectivity index (χ3v) is 3.24. The predicted molar refractivity (Wildman–Crippen MR) is 72.9 cm³/mol. The van der Waals surface area contributed by atoms with E-state index in [1.54, 1.807) is 17.3 Å². The molecule has 2 atom stereocenters. The van der Waals surface area contributed by atoms with Gasteiger partial charge in [0.25, 0.3) is 0 Å². The second-order valence-electron chi connectivity index (χ2n) is 6.09. The summed E-state index contributed by atoms with van der Waals surface area (Å²) < 4.78 is 5.34. The van der Waals surface area contributed by atoms with Crippen molar-refractivity contribution in [3.8, 4) is 0 Å². The molecular formula is C14H21N3O3. The summed E-state index contributed by atoms with van der Waals surface area (Å²) in [7, 11) is 0. The van der Waals surface area contributed by atoms with Crippen molar-refractivity contribution >= 4 is 6.09 Å². The number of likely N-dealkylation sites (tertiary alicyclic amines) is 1. The van der Waals surface area contributed by atoms with Gasteiger partial charge in [-0.1, -0.05) is 0 Å². The molecular weight excluding hydrogens is 258 g/mol. The van der Waals surface area contributed by atoms with Crippen LogP contribution >= 0.6 is 0 Å². The summed E-state index contributed by atoms with van der Waals surface area (Å²) in [6, 6.07) is 0. The van der Waals surface area contributed by atoms with Crippen LogP contribution in [0.25, 0.3) is 0 Å². The van der Waals surface area contributed by atoms with Crippen molar-refractivity contribution < 1.29 is 14.6 Å². The fraction of sp³-hybridized carbons (Fsp3) is 0.643. The first-order chi connectivity index (χ1) is 9.37. The van der Waals surface area contributed by atoms with Crippen molar-refractivity contribution in [3.05, 3.63) is 24.3 Å². The van der Waals surface area contributed by atoms with Crippen LogP contribution in [0, 0.1) is 5.92 Å². The molecule has 1 aliphatic rings. The van der Waals surface area contributed by atoms with Gasteiger partial charge in [0.15, 0.2) is 0 Å². The number of aliphatic hydroxyl groups excluding tert-OH is 1. The smallest absolute Gasteiger partial charge is 0.410 e. The Balaban J connectivity index is 1.94. The zero-order valence-corrected chi connectivity index (χ0v) is 12.1. The Morgan fingerprint density at radius 1 is 1.45 bits per heavy atom. The minimum absolute atomic E-state index is 0.00600. The molecule has 0 bridgehead atoms. The lowest BCUT2D eigenvalue weighted by atomic mass is 9.97. The lowest BCUT2D eigenvalue weighted by Crippen LogP contribution is -2.35. The summed E-state index contributed by atoms with van der Waals surface area (Å²) in [5.74, 6) is -0.00600. The zero-order valence-electron chi connectivity index (χ0n) is 12.1. The van der Waals surface area contributed by atoms with Gasteiger partial charge in [-0.2, -0.15) is 0 Å². The van der Waals surface area contributed by atoms with Gasteiger partial charge in [0.1, 0.15) is 11.9 Å². The quantitative estimate of drug-likeness (QED) is 0.893. The number of aliphatic hydroxyl groups is 1. The number of amides is 1. The van der Waals surface area contributed by atoms with Crippen molar-refractivity contribution in [2.75, 3.05) is 13.1 Å².